The molecule has 1 aliphatic heterocycles. The van der Waals surface area contributed by atoms with Gasteiger partial charge in [-0.25, -0.2) is 4.79 Å². The van der Waals surface area contributed by atoms with Gasteiger partial charge in [0, 0.05) is 21.3 Å². The number of imide groups is 1. The van der Waals surface area contributed by atoms with Crippen LogP contribution in [0.3, 0.4) is 0 Å². The van der Waals surface area contributed by atoms with Gasteiger partial charge in [0.2, 0.25) is 0 Å². The van der Waals surface area contributed by atoms with Crippen molar-refractivity contribution >= 4 is 11.9 Å². The predicted molar refractivity (Wildman–Crippen MR) is 67.2 cm³/mol. The van der Waals surface area contributed by atoms with Crippen LogP contribution in [0.1, 0.15) is 5.56 Å². The molecule has 1 saturated heterocycles. The number of nitrogens with one attached hydrogen (secondary N) is 1. The Morgan fingerprint density at radius 1 is 1.16 bits per heavy atom. The Balaban J connectivity index is 2.58. The van der Waals surface area contributed by atoms with E-state index in [1.807, 2.05) is 6.07 Å². The number of amides is 3. The molecule has 6 heteroatoms. The van der Waals surface area contributed by atoms with Gasteiger partial charge in [0.05, 0.1) is 0 Å². The smallest absolute Gasteiger partial charge is 0.325 e. The van der Waals surface area contributed by atoms with Crippen LogP contribution in [-0.4, -0.2) is 44.4 Å². The molecule has 1 aliphatic rings. The van der Waals surface area contributed by atoms with Crippen molar-refractivity contribution in [3.8, 4) is 0 Å². The highest BCUT2D eigenvalue weighted by atomic mass is 16.7. The van der Waals surface area contributed by atoms with Crippen LogP contribution in [0, 0.1) is 0 Å². The lowest BCUT2D eigenvalue weighted by atomic mass is 9.89. The normalized spacial score (nSPS) is 23.1. The van der Waals surface area contributed by atoms with E-state index in [0.29, 0.717) is 5.56 Å². The standard InChI is InChI=1S/C13H16N2O4/c1-15-10(16)13(14-12(15)17,11(18-2)19-3)9-7-5-4-6-8-9/h4-8,11H,1-3H3,(H,14,17)/t13-/m1/s1. The molecule has 19 heavy (non-hydrogen) atoms. The molecule has 6 nitrogen and oxygen atoms in total. The molecule has 0 radical (unpaired) electrons. The van der Waals surface area contributed by atoms with E-state index in [-0.39, 0.29) is 0 Å². The van der Waals surface area contributed by atoms with Crippen molar-refractivity contribution in [3.63, 3.8) is 0 Å². The summed E-state index contributed by atoms with van der Waals surface area (Å²) in [5.41, 5.74) is -0.734. The molecule has 1 heterocycles. The maximum Gasteiger partial charge on any atom is 0.325 e. The Labute approximate surface area is 111 Å². The second-order valence-corrected chi connectivity index (χ2v) is 4.27. The molecule has 102 valence electrons. The van der Waals surface area contributed by atoms with Gasteiger partial charge < -0.3 is 14.8 Å². The quantitative estimate of drug-likeness (QED) is 0.641. The Kier molecular flexibility index (Phi) is 3.55. The van der Waals surface area contributed by atoms with Crippen molar-refractivity contribution < 1.29 is 19.1 Å². The van der Waals surface area contributed by atoms with Gasteiger partial charge >= 0.3 is 6.03 Å². The Morgan fingerprint density at radius 3 is 2.16 bits per heavy atom. The third-order valence-corrected chi connectivity index (χ3v) is 3.26. The third kappa shape index (κ3) is 1.89. The van der Waals surface area contributed by atoms with E-state index in [0.717, 1.165) is 4.90 Å². The maximum absolute atomic E-state index is 12.5. The first kappa shape index (κ1) is 13.5. The molecule has 0 spiro atoms. The molecule has 0 aromatic heterocycles. The molecule has 0 saturated carbocycles. The maximum atomic E-state index is 12.5. The number of hydrogen-bond donors (Lipinski definition) is 1. The van der Waals surface area contributed by atoms with Crippen molar-refractivity contribution in [3.05, 3.63) is 35.9 Å². The second kappa shape index (κ2) is 4.99. The van der Waals surface area contributed by atoms with E-state index in [9.17, 15) is 9.59 Å². The number of nitrogens with zero attached hydrogens (tertiary/aromatic N) is 1. The Hall–Kier alpha value is -1.92. The Bertz CT molecular complexity index is 487. The zero-order chi connectivity index (χ0) is 14.0. The number of carbonyl (C=O) groups is 2. The first-order valence-electron chi connectivity index (χ1n) is 5.79. The van der Waals surface area contributed by atoms with Crippen LogP contribution in [0.25, 0.3) is 0 Å². The highest BCUT2D eigenvalue weighted by molar-refractivity contribution is 6.07. The lowest BCUT2D eigenvalue weighted by Crippen LogP contribution is -2.54. The summed E-state index contributed by atoms with van der Waals surface area (Å²) in [6.45, 7) is 0. The summed E-state index contributed by atoms with van der Waals surface area (Å²) in [4.78, 5) is 25.3. The predicted octanol–water partition coefficient (Wildman–Crippen LogP) is 0.682. The molecular formula is C13H16N2O4. The monoisotopic (exact) mass is 264 g/mol. The summed E-state index contributed by atoms with van der Waals surface area (Å²) in [7, 11) is 4.28. The zero-order valence-electron chi connectivity index (χ0n) is 11.0. The fourth-order valence-corrected chi connectivity index (χ4v) is 2.31. The molecule has 0 unspecified atom stereocenters. The number of ether oxygens (including phenoxy) is 2. The van der Waals surface area contributed by atoms with Gasteiger partial charge in [0.1, 0.15) is 0 Å². The number of hydrogen-bond acceptors (Lipinski definition) is 4. The van der Waals surface area contributed by atoms with E-state index < -0.39 is 23.8 Å². The third-order valence-electron chi connectivity index (χ3n) is 3.26. The van der Waals surface area contributed by atoms with Crippen LogP contribution in [0.2, 0.25) is 0 Å². The summed E-state index contributed by atoms with van der Waals surface area (Å²) in [5.74, 6) is -0.405. The van der Waals surface area contributed by atoms with E-state index in [2.05, 4.69) is 5.32 Å². The average molecular weight is 264 g/mol. The highest BCUT2D eigenvalue weighted by Crippen LogP contribution is 2.33. The number of methoxy groups -OCH3 is 2. The summed E-state index contributed by atoms with van der Waals surface area (Å²) in [5, 5.41) is 2.67. The number of urea groups is 1. The lowest BCUT2D eigenvalue weighted by molar-refractivity contribution is -0.169. The number of carbonyl (C=O) groups excluding carboxylic acids is 2. The van der Waals surface area contributed by atoms with Crippen molar-refractivity contribution in [2.75, 3.05) is 21.3 Å². The van der Waals surface area contributed by atoms with Gasteiger partial charge in [-0.2, -0.15) is 0 Å². The highest BCUT2D eigenvalue weighted by Gasteiger charge is 2.57. The van der Waals surface area contributed by atoms with Crippen molar-refractivity contribution in [2.24, 2.45) is 0 Å². The molecule has 1 aromatic carbocycles. The summed E-state index contributed by atoms with van der Waals surface area (Å²) >= 11 is 0. The van der Waals surface area contributed by atoms with Crippen molar-refractivity contribution in [1.29, 1.82) is 0 Å². The number of rotatable bonds is 4. The van der Waals surface area contributed by atoms with Gasteiger partial charge in [-0.15, -0.1) is 0 Å². The first-order chi connectivity index (χ1) is 9.07. The average Bonchev–Trinajstić information content (AvgIpc) is 2.67. The minimum absolute atomic E-state index is 0.405. The molecule has 1 atom stereocenters. The molecule has 2 rings (SSSR count). The lowest BCUT2D eigenvalue weighted by Gasteiger charge is -2.33. The molecular weight excluding hydrogens is 248 g/mol. The zero-order valence-corrected chi connectivity index (χ0v) is 11.0. The van der Waals surface area contributed by atoms with Crippen LogP contribution in [0.15, 0.2) is 30.3 Å². The fraction of sp³-hybridized carbons (Fsp3) is 0.385. The van der Waals surface area contributed by atoms with E-state index in [1.165, 1.54) is 21.3 Å². The molecule has 1 aromatic rings. The molecule has 1 N–H and O–H groups in total. The van der Waals surface area contributed by atoms with Crippen LogP contribution >= 0.6 is 0 Å². The minimum atomic E-state index is -1.35. The summed E-state index contributed by atoms with van der Waals surface area (Å²) in [6.07, 6.45) is -0.906. The minimum Gasteiger partial charge on any atom is -0.353 e. The summed E-state index contributed by atoms with van der Waals surface area (Å²) < 4.78 is 10.4. The van der Waals surface area contributed by atoms with Gasteiger partial charge in [0.25, 0.3) is 5.91 Å². The van der Waals surface area contributed by atoms with Crippen molar-refractivity contribution in [1.82, 2.24) is 10.2 Å². The van der Waals surface area contributed by atoms with Gasteiger partial charge in [-0.05, 0) is 5.56 Å². The van der Waals surface area contributed by atoms with Gasteiger partial charge in [-0.1, -0.05) is 30.3 Å². The molecule has 0 aliphatic carbocycles. The van der Waals surface area contributed by atoms with Crippen LogP contribution in [-0.2, 0) is 19.8 Å². The fourth-order valence-electron chi connectivity index (χ4n) is 2.31. The Morgan fingerprint density at radius 2 is 1.74 bits per heavy atom. The molecule has 3 amide bonds. The summed E-state index contributed by atoms with van der Waals surface area (Å²) in [6, 6.07) is 8.43. The van der Waals surface area contributed by atoms with E-state index >= 15 is 0 Å². The molecule has 0 bridgehead atoms. The van der Waals surface area contributed by atoms with Gasteiger partial charge in [-0.3, -0.25) is 9.69 Å². The van der Waals surface area contributed by atoms with Crippen LogP contribution in [0.5, 0.6) is 0 Å². The van der Waals surface area contributed by atoms with E-state index in [4.69, 9.17) is 9.47 Å². The topological polar surface area (TPSA) is 67.9 Å². The first-order valence-corrected chi connectivity index (χ1v) is 5.79. The number of benzene rings is 1. The van der Waals surface area contributed by atoms with E-state index in [1.54, 1.807) is 24.3 Å². The number of likely N-dealkylation sites (N-methyl/N-ethyl adjacent to an activating group) is 1. The van der Waals surface area contributed by atoms with Crippen LogP contribution < -0.4 is 5.32 Å². The van der Waals surface area contributed by atoms with Crippen LogP contribution in [0.4, 0.5) is 4.79 Å². The van der Waals surface area contributed by atoms with Crippen molar-refractivity contribution in [2.45, 2.75) is 11.8 Å². The molecule has 1 fully saturated rings. The largest absolute Gasteiger partial charge is 0.353 e. The van der Waals surface area contributed by atoms with Gasteiger partial charge in [0.15, 0.2) is 11.8 Å². The second-order valence-electron chi connectivity index (χ2n) is 4.27. The SMILES string of the molecule is COC(OC)[C@]1(c2ccccc2)NC(=O)N(C)C1=O.